The molecule has 0 radical (unpaired) electrons. The van der Waals surface area contributed by atoms with Crippen LogP contribution in [0.15, 0.2) is 23.2 Å². The first kappa shape index (κ1) is 23.2. The molecule has 0 unspecified atom stereocenters. The first-order chi connectivity index (χ1) is 13.1. The van der Waals surface area contributed by atoms with Gasteiger partial charge in [-0.3, -0.25) is 9.79 Å². The number of ether oxygens (including phenoxy) is 2. The third-order valence-electron chi connectivity index (χ3n) is 3.40. The zero-order chi connectivity index (χ0) is 21.3. The molecule has 0 spiro atoms. The summed E-state index contributed by atoms with van der Waals surface area (Å²) >= 11 is 0. The molecule has 1 aromatic carbocycles. The molecule has 0 bridgehead atoms. The fraction of sp³-hybridized carbons (Fsp3) is 0.500. The van der Waals surface area contributed by atoms with Crippen molar-refractivity contribution in [3.8, 4) is 11.5 Å². The minimum Gasteiger partial charge on any atom is -0.497 e. The maximum atomic E-state index is 12.5. The van der Waals surface area contributed by atoms with E-state index >= 15 is 0 Å². The Morgan fingerprint density at radius 3 is 2.50 bits per heavy atom. The van der Waals surface area contributed by atoms with Crippen LogP contribution in [0.3, 0.4) is 0 Å². The SMILES string of the molecule is CN=C(NCC(=O)N(C)CC(F)(F)F)NCc1cc(OC)ccc1OC(F)F. The third kappa shape index (κ3) is 8.27. The number of nitrogens with zero attached hydrogens (tertiary/aromatic N) is 2. The number of alkyl halides is 5. The molecule has 0 atom stereocenters. The van der Waals surface area contributed by atoms with Gasteiger partial charge in [-0.2, -0.15) is 22.0 Å². The van der Waals surface area contributed by atoms with Crippen LogP contribution in [0.2, 0.25) is 0 Å². The Kier molecular flexibility index (Phi) is 8.74. The first-order valence-corrected chi connectivity index (χ1v) is 7.92. The number of hydrogen-bond acceptors (Lipinski definition) is 4. The summed E-state index contributed by atoms with van der Waals surface area (Å²) in [5.74, 6) is -0.395. The van der Waals surface area contributed by atoms with Crippen LogP contribution in [0.5, 0.6) is 11.5 Å². The molecular formula is C16H21F5N4O3. The van der Waals surface area contributed by atoms with Gasteiger partial charge >= 0.3 is 12.8 Å². The van der Waals surface area contributed by atoms with Crippen molar-refractivity contribution in [2.24, 2.45) is 4.99 Å². The summed E-state index contributed by atoms with van der Waals surface area (Å²) in [5, 5.41) is 5.31. The second-order valence-corrected chi connectivity index (χ2v) is 5.50. The number of carbonyl (C=O) groups excluding carboxylic acids is 1. The largest absolute Gasteiger partial charge is 0.497 e. The molecule has 7 nitrogen and oxygen atoms in total. The molecule has 1 amide bonds. The highest BCUT2D eigenvalue weighted by Gasteiger charge is 2.31. The zero-order valence-electron chi connectivity index (χ0n) is 15.4. The molecule has 0 aliphatic carbocycles. The van der Waals surface area contributed by atoms with Gasteiger partial charge in [-0.15, -0.1) is 0 Å². The van der Waals surface area contributed by atoms with Gasteiger partial charge in [0.2, 0.25) is 5.91 Å². The molecule has 2 N–H and O–H groups in total. The van der Waals surface area contributed by atoms with Crippen molar-refractivity contribution in [1.82, 2.24) is 15.5 Å². The van der Waals surface area contributed by atoms with E-state index in [4.69, 9.17) is 4.74 Å². The van der Waals surface area contributed by atoms with E-state index in [0.29, 0.717) is 16.2 Å². The van der Waals surface area contributed by atoms with Gasteiger partial charge in [-0.05, 0) is 18.2 Å². The molecule has 0 saturated heterocycles. The average Bonchev–Trinajstić information content (AvgIpc) is 2.60. The van der Waals surface area contributed by atoms with E-state index in [-0.39, 0.29) is 18.3 Å². The Morgan fingerprint density at radius 2 is 1.96 bits per heavy atom. The van der Waals surface area contributed by atoms with E-state index < -0.39 is 31.8 Å². The summed E-state index contributed by atoms with van der Waals surface area (Å²) in [6, 6.07) is 4.23. The highest BCUT2D eigenvalue weighted by molar-refractivity contribution is 5.86. The van der Waals surface area contributed by atoms with Crippen LogP contribution in [0, 0.1) is 0 Å². The Hall–Kier alpha value is -2.79. The monoisotopic (exact) mass is 412 g/mol. The summed E-state index contributed by atoms with van der Waals surface area (Å²) in [5.41, 5.74) is 0.322. The summed E-state index contributed by atoms with van der Waals surface area (Å²) < 4.78 is 71.4. The Morgan fingerprint density at radius 1 is 1.29 bits per heavy atom. The number of rotatable bonds is 8. The zero-order valence-corrected chi connectivity index (χ0v) is 15.4. The van der Waals surface area contributed by atoms with Crippen molar-refractivity contribution in [1.29, 1.82) is 0 Å². The fourth-order valence-corrected chi connectivity index (χ4v) is 2.08. The molecule has 158 valence electrons. The minimum atomic E-state index is -4.50. The topological polar surface area (TPSA) is 75.2 Å². The van der Waals surface area contributed by atoms with Gasteiger partial charge in [0.15, 0.2) is 5.96 Å². The van der Waals surface area contributed by atoms with Crippen LogP contribution in [0.1, 0.15) is 5.56 Å². The molecule has 0 heterocycles. The summed E-state index contributed by atoms with van der Waals surface area (Å²) in [6.45, 7) is -4.86. The standard InChI is InChI=1S/C16H21F5N4O3/c1-22-15(24-8-13(26)25(2)9-16(19,20)21)23-7-10-6-11(27-3)4-5-12(10)28-14(17)18/h4-6,14H,7-9H2,1-3H3,(H2,22,23,24). The number of halogens is 5. The van der Waals surface area contributed by atoms with Crippen molar-refractivity contribution in [2.45, 2.75) is 19.3 Å². The molecule has 0 fully saturated rings. The van der Waals surface area contributed by atoms with Gasteiger partial charge in [-0.25, -0.2) is 0 Å². The second kappa shape index (κ2) is 10.5. The highest BCUT2D eigenvalue weighted by atomic mass is 19.4. The normalized spacial score (nSPS) is 12.0. The molecule has 1 rings (SSSR count). The number of methoxy groups -OCH3 is 1. The van der Waals surface area contributed by atoms with Crippen molar-refractivity contribution in [3.63, 3.8) is 0 Å². The van der Waals surface area contributed by atoms with Crippen LogP contribution in [0.4, 0.5) is 22.0 Å². The molecule has 0 aliphatic heterocycles. The van der Waals surface area contributed by atoms with Gasteiger partial charge in [-0.1, -0.05) is 0 Å². The lowest BCUT2D eigenvalue weighted by molar-refractivity contribution is -0.157. The lowest BCUT2D eigenvalue weighted by Crippen LogP contribution is -2.45. The maximum Gasteiger partial charge on any atom is 0.406 e. The lowest BCUT2D eigenvalue weighted by Gasteiger charge is -2.20. The number of amides is 1. The number of nitrogens with one attached hydrogen (secondary N) is 2. The highest BCUT2D eigenvalue weighted by Crippen LogP contribution is 2.25. The Balaban J connectivity index is 2.68. The lowest BCUT2D eigenvalue weighted by atomic mass is 10.2. The number of likely N-dealkylation sites (N-methyl/N-ethyl adjacent to an activating group) is 1. The van der Waals surface area contributed by atoms with Crippen LogP contribution in [0.25, 0.3) is 0 Å². The number of hydrogen-bond donors (Lipinski definition) is 2. The molecule has 0 aliphatic rings. The molecule has 1 aromatic rings. The van der Waals surface area contributed by atoms with Gasteiger partial charge in [0, 0.05) is 26.2 Å². The minimum absolute atomic E-state index is 0.0223. The quantitative estimate of drug-likeness (QED) is 0.388. The van der Waals surface area contributed by atoms with Gasteiger partial charge in [0.05, 0.1) is 13.7 Å². The van der Waals surface area contributed by atoms with Crippen molar-refractivity contribution in [2.75, 3.05) is 34.3 Å². The van der Waals surface area contributed by atoms with Crippen LogP contribution in [-0.4, -0.2) is 63.8 Å². The summed E-state index contributed by atoms with van der Waals surface area (Å²) in [4.78, 5) is 16.1. The Bertz CT molecular complexity index is 683. The van der Waals surface area contributed by atoms with E-state index in [1.807, 2.05) is 0 Å². The number of guanidine groups is 1. The van der Waals surface area contributed by atoms with Crippen molar-refractivity contribution >= 4 is 11.9 Å². The molecular weight excluding hydrogens is 391 g/mol. The summed E-state index contributed by atoms with van der Waals surface area (Å²) in [6.07, 6.45) is -4.50. The number of carbonyl (C=O) groups is 1. The second-order valence-electron chi connectivity index (χ2n) is 5.50. The first-order valence-electron chi connectivity index (χ1n) is 7.92. The molecule has 28 heavy (non-hydrogen) atoms. The van der Waals surface area contributed by atoms with E-state index in [1.165, 1.54) is 32.4 Å². The van der Waals surface area contributed by atoms with Crippen LogP contribution >= 0.6 is 0 Å². The van der Waals surface area contributed by atoms with Crippen LogP contribution < -0.4 is 20.1 Å². The van der Waals surface area contributed by atoms with Crippen molar-refractivity contribution in [3.05, 3.63) is 23.8 Å². The van der Waals surface area contributed by atoms with Gasteiger partial charge in [0.1, 0.15) is 18.0 Å². The smallest absolute Gasteiger partial charge is 0.406 e. The number of benzene rings is 1. The summed E-state index contributed by atoms with van der Waals surface area (Å²) in [7, 11) is 3.81. The maximum absolute atomic E-state index is 12.5. The third-order valence-corrected chi connectivity index (χ3v) is 3.40. The average molecular weight is 412 g/mol. The molecule has 0 aromatic heterocycles. The van der Waals surface area contributed by atoms with E-state index in [0.717, 1.165) is 7.05 Å². The van der Waals surface area contributed by atoms with E-state index in [2.05, 4.69) is 20.4 Å². The predicted molar refractivity (Wildman–Crippen MR) is 91.5 cm³/mol. The van der Waals surface area contributed by atoms with Crippen molar-refractivity contribution < 1.29 is 36.2 Å². The molecule has 0 saturated carbocycles. The Labute approximate surface area is 158 Å². The molecule has 12 heteroatoms. The fourth-order valence-electron chi connectivity index (χ4n) is 2.08. The van der Waals surface area contributed by atoms with Gasteiger partial charge < -0.3 is 25.0 Å². The predicted octanol–water partition coefficient (Wildman–Crippen LogP) is 1.98. The number of aliphatic imine (C=N–C) groups is 1. The van der Waals surface area contributed by atoms with E-state index in [9.17, 15) is 26.7 Å². The van der Waals surface area contributed by atoms with E-state index in [1.54, 1.807) is 0 Å². The van der Waals surface area contributed by atoms with Crippen LogP contribution in [-0.2, 0) is 11.3 Å². The van der Waals surface area contributed by atoms with Gasteiger partial charge in [0.25, 0.3) is 0 Å².